The molecular weight excluding hydrogens is 268 g/mol. The van der Waals surface area contributed by atoms with Gasteiger partial charge in [-0.3, -0.25) is 0 Å². The summed E-state index contributed by atoms with van der Waals surface area (Å²) in [6.45, 7) is 4.32. The van der Waals surface area contributed by atoms with E-state index >= 15 is 0 Å². The van der Waals surface area contributed by atoms with Crippen molar-refractivity contribution in [2.75, 3.05) is 0 Å². The van der Waals surface area contributed by atoms with Gasteiger partial charge in [-0.1, -0.05) is 0 Å². The molecule has 0 saturated heterocycles. The fraction of sp³-hybridized carbons (Fsp3) is 0.200. The minimum Gasteiger partial charge on any atom is -0.423 e. The lowest BCUT2D eigenvalue weighted by atomic mass is 10.0. The number of nitrogens with zero attached hydrogens (tertiary/aromatic N) is 4. The summed E-state index contributed by atoms with van der Waals surface area (Å²) < 4.78 is 6.85. The molecule has 21 heavy (non-hydrogen) atoms. The van der Waals surface area contributed by atoms with Crippen LogP contribution >= 0.6 is 0 Å². The van der Waals surface area contributed by atoms with Crippen molar-refractivity contribution < 1.29 is 4.42 Å². The summed E-state index contributed by atoms with van der Waals surface area (Å²) in [5.74, 6) is 0.209. The van der Waals surface area contributed by atoms with Crippen molar-refractivity contribution in [2.45, 2.75) is 20.4 Å². The highest BCUT2D eigenvalue weighted by atomic mass is 16.4. The molecule has 0 aliphatic heterocycles. The minimum absolute atomic E-state index is 0.209. The van der Waals surface area contributed by atoms with Gasteiger partial charge in [0.15, 0.2) is 0 Å². The number of fused-ring (bicyclic) bond motifs is 1. The van der Waals surface area contributed by atoms with Crippen LogP contribution < -0.4 is 5.63 Å². The van der Waals surface area contributed by atoms with Gasteiger partial charge < -0.3 is 8.98 Å². The normalized spacial score (nSPS) is 10.7. The summed E-state index contributed by atoms with van der Waals surface area (Å²) in [7, 11) is 0. The summed E-state index contributed by atoms with van der Waals surface area (Å²) in [6.07, 6.45) is 1.47. The van der Waals surface area contributed by atoms with E-state index in [0.29, 0.717) is 12.1 Å². The first-order chi connectivity index (χ1) is 10.1. The van der Waals surface area contributed by atoms with Crippen molar-refractivity contribution in [3.05, 3.63) is 57.5 Å². The van der Waals surface area contributed by atoms with E-state index in [9.17, 15) is 4.79 Å². The Balaban J connectivity index is 2.20. The highest BCUT2D eigenvalue weighted by Gasteiger charge is 2.10. The lowest BCUT2D eigenvalue weighted by Gasteiger charge is -2.08. The zero-order chi connectivity index (χ0) is 15.0. The molecule has 3 rings (SSSR count). The molecule has 0 N–H and O–H groups in total. The first kappa shape index (κ1) is 13.1. The van der Waals surface area contributed by atoms with Crippen LogP contribution in [0, 0.1) is 25.2 Å². The van der Waals surface area contributed by atoms with E-state index in [2.05, 4.69) is 10.2 Å². The van der Waals surface area contributed by atoms with Gasteiger partial charge in [-0.2, -0.15) is 5.26 Å². The van der Waals surface area contributed by atoms with Crippen molar-refractivity contribution in [1.29, 1.82) is 5.26 Å². The number of aromatic nitrogens is 3. The molecule has 0 amide bonds. The van der Waals surface area contributed by atoms with Crippen LogP contribution in [0.15, 0.2) is 33.7 Å². The van der Waals surface area contributed by atoms with Crippen LogP contribution in [0.3, 0.4) is 0 Å². The van der Waals surface area contributed by atoms with Gasteiger partial charge in [-0.15, -0.1) is 10.2 Å². The van der Waals surface area contributed by atoms with Crippen LogP contribution in [0.2, 0.25) is 0 Å². The van der Waals surface area contributed by atoms with Crippen molar-refractivity contribution in [1.82, 2.24) is 14.8 Å². The van der Waals surface area contributed by atoms with Gasteiger partial charge in [0.2, 0.25) is 5.82 Å². The third-order valence-corrected chi connectivity index (χ3v) is 3.50. The third-order valence-electron chi connectivity index (χ3n) is 3.50. The monoisotopic (exact) mass is 280 g/mol. The van der Waals surface area contributed by atoms with Gasteiger partial charge in [0.05, 0.1) is 6.54 Å². The van der Waals surface area contributed by atoms with Gasteiger partial charge in [-0.05, 0) is 42.7 Å². The highest BCUT2D eigenvalue weighted by molar-refractivity contribution is 5.81. The SMILES string of the molecule is Cc1cc2oc(=O)cc(Cn3cnnc3C#N)c2cc1C. The molecule has 0 unspecified atom stereocenters. The Morgan fingerprint density at radius 2 is 2.05 bits per heavy atom. The first-order valence-corrected chi connectivity index (χ1v) is 6.40. The smallest absolute Gasteiger partial charge is 0.336 e. The summed E-state index contributed by atoms with van der Waals surface area (Å²) in [4.78, 5) is 11.7. The number of benzene rings is 1. The molecule has 6 heteroatoms. The van der Waals surface area contributed by atoms with Crippen LogP contribution in [0.5, 0.6) is 0 Å². The maximum atomic E-state index is 11.7. The Morgan fingerprint density at radius 1 is 1.29 bits per heavy atom. The molecule has 104 valence electrons. The Hall–Kier alpha value is -2.94. The maximum Gasteiger partial charge on any atom is 0.336 e. The number of hydrogen-bond donors (Lipinski definition) is 0. The van der Waals surface area contributed by atoms with Crippen LogP contribution in [-0.2, 0) is 6.54 Å². The summed E-state index contributed by atoms with van der Waals surface area (Å²) in [5, 5.41) is 17.3. The van der Waals surface area contributed by atoms with Gasteiger partial charge in [-0.25, -0.2) is 4.79 Å². The molecule has 6 nitrogen and oxygen atoms in total. The number of nitriles is 1. The molecule has 2 heterocycles. The average molecular weight is 280 g/mol. The maximum absolute atomic E-state index is 11.7. The van der Waals surface area contributed by atoms with Crippen molar-refractivity contribution in [3.8, 4) is 6.07 Å². The molecule has 2 aromatic heterocycles. The predicted octanol–water partition coefficient (Wildman–Crippen LogP) is 1.92. The summed E-state index contributed by atoms with van der Waals surface area (Å²) in [6, 6.07) is 7.25. The van der Waals surface area contributed by atoms with E-state index in [-0.39, 0.29) is 5.82 Å². The van der Waals surface area contributed by atoms with Crippen LogP contribution in [0.4, 0.5) is 0 Å². The minimum atomic E-state index is -0.410. The lowest BCUT2D eigenvalue weighted by molar-refractivity contribution is 0.557. The molecule has 0 radical (unpaired) electrons. The molecule has 0 bridgehead atoms. The van der Waals surface area contributed by atoms with Gasteiger partial charge in [0.25, 0.3) is 0 Å². The predicted molar refractivity (Wildman–Crippen MR) is 75.8 cm³/mol. The Kier molecular flexibility index (Phi) is 3.03. The molecule has 0 aliphatic rings. The van der Waals surface area contributed by atoms with Gasteiger partial charge >= 0.3 is 5.63 Å². The fourth-order valence-corrected chi connectivity index (χ4v) is 2.25. The fourth-order valence-electron chi connectivity index (χ4n) is 2.25. The molecular formula is C15H12N4O2. The second kappa shape index (κ2) is 4.87. The van der Waals surface area contributed by atoms with Crippen molar-refractivity contribution in [2.24, 2.45) is 0 Å². The molecule has 0 saturated carbocycles. The molecule has 0 fully saturated rings. The Morgan fingerprint density at radius 3 is 2.81 bits per heavy atom. The summed E-state index contributed by atoms with van der Waals surface area (Å²) in [5.41, 5.74) is 3.09. The van der Waals surface area contributed by atoms with Gasteiger partial charge in [0.1, 0.15) is 18.0 Å². The standard InChI is InChI=1S/C15H12N4O2/c1-9-3-12-11(7-19-8-17-18-14(19)6-16)5-15(20)21-13(12)4-10(9)2/h3-5,8H,7H2,1-2H3. The average Bonchev–Trinajstić information content (AvgIpc) is 2.88. The molecule has 0 atom stereocenters. The van der Waals surface area contributed by atoms with E-state index in [4.69, 9.17) is 9.68 Å². The largest absolute Gasteiger partial charge is 0.423 e. The molecule has 0 aliphatic carbocycles. The van der Waals surface area contributed by atoms with Crippen LogP contribution in [0.1, 0.15) is 22.5 Å². The van der Waals surface area contributed by atoms with Crippen LogP contribution in [-0.4, -0.2) is 14.8 Å². The third kappa shape index (κ3) is 2.30. The Labute approximate surface area is 120 Å². The van der Waals surface area contributed by atoms with Crippen LogP contribution in [0.25, 0.3) is 11.0 Å². The van der Waals surface area contributed by atoms with E-state index in [0.717, 1.165) is 22.1 Å². The summed E-state index contributed by atoms with van der Waals surface area (Å²) >= 11 is 0. The number of aryl methyl sites for hydroxylation is 2. The quantitative estimate of drug-likeness (QED) is 0.669. The zero-order valence-corrected chi connectivity index (χ0v) is 11.6. The number of rotatable bonds is 2. The topological polar surface area (TPSA) is 84.7 Å². The lowest BCUT2D eigenvalue weighted by Crippen LogP contribution is -2.07. The first-order valence-electron chi connectivity index (χ1n) is 6.40. The second-order valence-corrected chi connectivity index (χ2v) is 4.92. The highest BCUT2D eigenvalue weighted by Crippen LogP contribution is 2.22. The Bertz CT molecular complexity index is 931. The van der Waals surface area contributed by atoms with Crippen molar-refractivity contribution in [3.63, 3.8) is 0 Å². The van der Waals surface area contributed by atoms with E-state index in [1.807, 2.05) is 32.0 Å². The van der Waals surface area contributed by atoms with Gasteiger partial charge in [0, 0.05) is 11.5 Å². The van der Waals surface area contributed by atoms with Crippen molar-refractivity contribution >= 4 is 11.0 Å². The second-order valence-electron chi connectivity index (χ2n) is 4.92. The van der Waals surface area contributed by atoms with E-state index in [1.54, 1.807) is 4.57 Å². The molecule has 1 aromatic carbocycles. The molecule has 0 spiro atoms. The van der Waals surface area contributed by atoms with E-state index < -0.39 is 5.63 Å². The molecule has 3 aromatic rings. The zero-order valence-electron chi connectivity index (χ0n) is 11.6. The number of hydrogen-bond acceptors (Lipinski definition) is 5. The van der Waals surface area contributed by atoms with E-state index in [1.165, 1.54) is 12.4 Å².